The van der Waals surface area contributed by atoms with Crippen molar-refractivity contribution in [3.63, 3.8) is 0 Å². The average molecular weight is 417 g/mol. The first-order valence-corrected chi connectivity index (χ1v) is 9.73. The fourth-order valence-electron chi connectivity index (χ4n) is 2.73. The van der Waals surface area contributed by atoms with Crippen molar-refractivity contribution in [2.75, 3.05) is 36.5 Å². The lowest BCUT2D eigenvalue weighted by molar-refractivity contribution is 0.122. The molecule has 0 bridgehead atoms. The van der Waals surface area contributed by atoms with E-state index >= 15 is 0 Å². The van der Waals surface area contributed by atoms with E-state index in [0.29, 0.717) is 0 Å². The number of benzene rings is 1. The molecule has 1 N–H and O–H groups in total. The van der Waals surface area contributed by atoms with Gasteiger partial charge in [-0.15, -0.1) is 11.3 Å². The Labute approximate surface area is 158 Å². The number of ether oxygens (including phenoxy) is 1. The van der Waals surface area contributed by atoms with E-state index in [-0.39, 0.29) is 0 Å². The van der Waals surface area contributed by atoms with Gasteiger partial charge in [-0.3, -0.25) is 0 Å². The molecule has 0 saturated carbocycles. The Hall–Kier alpha value is -1.96. The summed E-state index contributed by atoms with van der Waals surface area (Å²) in [5.74, 6) is 0.796. The van der Waals surface area contributed by atoms with Gasteiger partial charge in [-0.1, -0.05) is 22.0 Å². The molecule has 4 rings (SSSR count). The van der Waals surface area contributed by atoms with Crippen molar-refractivity contribution >= 4 is 43.9 Å². The quantitative estimate of drug-likeness (QED) is 0.675. The monoisotopic (exact) mass is 416 g/mol. The first-order chi connectivity index (χ1) is 12.3. The zero-order chi connectivity index (χ0) is 17.1. The van der Waals surface area contributed by atoms with Gasteiger partial charge in [0.2, 0.25) is 0 Å². The molecule has 128 valence electrons. The Morgan fingerprint density at radius 3 is 2.80 bits per heavy atom. The number of pyridine rings is 1. The molecular formula is C18H17BrN4OS. The normalized spacial score (nSPS) is 14.5. The second-order valence-corrected chi connectivity index (χ2v) is 7.35. The van der Waals surface area contributed by atoms with Crippen LogP contribution in [0.15, 0.2) is 52.4 Å². The van der Waals surface area contributed by atoms with Gasteiger partial charge in [-0.05, 0) is 30.3 Å². The van der Waals surface area contributed by atoms with Gasteiger partial charge in [0.1, 0.15) is 5.82 Å². The summed E-state index contributed by atoms with van der Waals surface area (Å²) in [7, 11) is 0. The van der Waals surface area contributed by atoms with Crippen LogP contribution in [0.4, 0.5) is 16.6 Å². The maximum atomic E-state index is 5.42. The maximum Gasteiger partial charge on any atom is 0.188 e. The third-order valence-electron chi connectivity index (χ3n) is 4.01. The van der Waals surface area contributed by atoms with Crippen molar-refractivity contribution in [3.8, 4) is 11.3 Å². The standard InChI is InChI=1S/C18H17BrN4OS/c19-15-11-13(23-7-9-24-10-8-23)4-5-14(15)16-12-25-18(21-16)22-17-3-1-2-6-20-17/h1-6,11-12H,7-10H2,(H,20,21,22). The van der Waals surface area contributed by atoms with Gasteiger partial charge >= 0.3 is 0 Å². The van der Waals surface area contributed by atoms with Crippen LogP contribution in [0.3, 0.4) is 0 Å². The van der Waals surface area contributed by atoms with E-state index in [1.54, 1.807) is 17.5 Å². The third-order valence-corrected chi connectivity index (χ3v) is 5.42. The summed E-state index contributed by atoms with van der Waals surface area (Å²) in [6, 6.07) is 12.2. The van der Waals surface area contributed by atoms with Crippen LogP contribution in [0.5, 0.6) is 0 Å². The van der Waals surface area contributed by atoms with Crippen molar-refractivity contribution < 1.29 is 4.74 Å². The second kappa shape index (κ2) is 7.51. The van der Waals surface area contributed by atoms with Gasteiger partial charge in [-0.2, -0.15) is 0 Å². The van der Waals surface area contributed by atoms with E-state index in [9.17, 15) is 0 Å². The molecule has 2 aromatic heterocycles. The molecule has 1 aliphatic rings. The first-order valence-electron chi connectivity index (χ1n) is 8.06. The molecule has 3 aromatic rings. The fraction of sp³-hybridized carbons (Fsp3) is 0.222. The Kier molecular flexibility index (Phi) is 4.96. The summed E-state index contributed by atoms with van der Waals surface area (Å²) in [6.07, 6.45) is 1.76. The minimum Gasteiger partial charge on any atom is -0.378 e. The highest BCUT2D eigenvalue weighted by Crippen LogP contribution is 2.34. The number of thiazole rings is 1. The van der Waals surface area contributed by atoms with Crippen LogP contribution in [0.25, 0.3) is 11.3 Å². The number of nitrogens with zero attached hydrogens (tertiary/aromatic N) is 3. The van der Waals surface area contributed by atoms with E-state index in [4.69, 9.17) is 4.74 Å². The zero-order valence-electron chi connectivity index (χ0n) is 13.5. The van der Waals surface area contributed by atoms with Crippen LogP contribution in [-0.2, 0) is 4.74 Å². The molecule has 1 fully saturated rings. The van der Waals surface area contributed by atoms with E-state index < -0.39 is 0 Å². The largest absolute Gasteiger partial charge is 0.378 e. The summed E-state index contributed by atoms with van der Waals surface area (Å²) in [6.45, 7) is 3.43. The topological polar surface area (TPSA) is 50.3 Å². The van der Waals surface area contributed by atoms with Gasteiger partial charge in [-0.25, -0.2) is 9.97 Å². The number of hydrogen-bond acceptors (Lipinski definition) is 6. The number of hydrogen-bond donors (Lipinski definition) is 1. The Bertz CT molecular complexity index is 849. The summed E-state index contributed by atoms with van der Waals surface area (Å²) in [4.78, 5) is 11.3. The summed E-state index contributed by atoms with van der Waals surface area (Å²) < 4.78 is 6.47. The van der Waals surface area contributed by atoms with Gasteiger partial charge < -0.3 is 15.0 Å². The van der Waals surface area contributed by atoms with E-state index in [0.717, 1.165) is 53.0 Å². The Morgan fingerprint density at radius 2 is 2.04 bits per heavy atom. The van der Waals surface area contributed by atoms with Crippen molar-refractivity contribution in [2.24, 2.45) is 0 Å². The highest BCUT2D eigenvalue weighted by atomic mass is 79.9. The molecule has 1 aromatic carbocycles. The third kappa shape index (κ3) is 3.84. The number of rotatable bonds is 4. The number of anilines is 3. The van der Waals surface area contributed by atoms with Crippen molar-refractivity contribution in [1.29, 1.82) is 0 Å². The number of nitrogens with one attached hydrogen (secondary N) is 1. The minimum atomic E-state index is 0.786. The molecule has 0 aliphatic carbocycles. The van der Waals surface area contributed by atoms with Crippen molar-refractivity contribution in [3.05, 3.63) is 52.4 Å². The van der Waals surface area contributed by atoms with Gasteiger partial charge in [0.25, 0.3) is 0 Å². The smallest absolute Gasteiger partial charge is 0.188 e. The molecule has 0 amide bonds. The minimum absolute atomic E-state index is 0.786. The van der Waals surface area contributed by atoms with Crippen LogP contribution in [0.2, 0.25) is 0 Å². The molecule has 7 heteroatoms. The van der Waals surface area contributed by atoms with Crippen molar-refractivity contribution in [2.45, 2.75) is 0 Å². The molecular weight excluding hydrogens is 400 g/mol. The van der Waals surface area contributed by atoms with Crippen LogP contribution >= 0.6 is 27.3 Å². The van der Waals surface area contributed by atoms with Gasteiger partial charge in [0.15, 0.2) is 5.13 Å². The van der Waals surface area contributed by atoms with Crippen LogP contribution in [-0.4, -0.2) is 36.3 Å². The molecule has 3 heterocycles. The Balaban J connectivity index is 1.53. The molecule has 0 atom stereocenters. The number of aromatic nitrogens is 2. The molecule has 25 heavy (non-hydrogen) atoms. The van der Waals surface area contributed by atoms with Gasteiger partial charge in [0, 0.05) is 40.4 Å². The van der Waals surface area contributed by atoms with Gasteiger partial charge in [0.05, 0.1) is 18.9 Å². The number of halogens is 1. The molecule has 0 spiro atoms. The summed E-state index contributed by atoms with van der Waals surface area (Å²) >= 11 is 5.27. The molecule has 0 unspecified atom stereocenters. The SMILES string of the molecule is Brc1cc(N2CCOCC2)ccc1-c1csc(Nc2ccccn2)n1. The fourth-order valence-corrected chi connectivity index (χ4v) is 4.02. The molecule has 0 radical (unpaired) electrons. The lowest BCUT2D eigenvalue weighted by Crippen LogP contribution is -2.36. The van der Waals surface area contributed by atoms with E-state index in [1.807, 2.05) is 18.2 Å². The predicted molar refractivity (Wildman–Crippen MR) is 106 cm³/mol. The highest BCUT2D eigenvalue weighted by Gasteiger charge is 2.14. The lowest BCUT2D eigenvalue weighted by Gasteiger charge is -2.29. The highest BCUT2D eigenvalue weighted by molar-refractivity contribution is 9.10. The maximum absolute atomic E-state index is 5.42. The summed E-state index contributed by atoms with van der Waals surface area (Å²) in [5.41, 5.74) is 3.24. The Morgan fingerprint density at radius 1 is 1.16 bits per heavy atom. The zero-order valence-corrected chi connectivity index (χ0v) is 15.9. The number of morpholine rings is 1. The van der Waals surface area contributed by atoms with Crippen LogP contribution in [0.1, 0.15) is 0 Å². The van der Waals surface area contributed by atoms with Crippen molar-refractivity contribution in [1.82, 2.24) is 9.97 Å². The summed E-state index contributed by atoms with van der Waals surface area (Å²) in [5, 5.41) is 6.12. The first kappa shape index (κ1) is 16.5. The van der Waals surface area contributed by atoms with E-state index in [1.165, 1.54) is 5.69 Å². The molecule has 5 nitrogen and oxygen atoms in total. The van der Waals surface area contributed by atoms with Crippen LogP contribution < -0.4 is 10.2 Å². The predicted octanol–water partition coefficient (Wildman–Crippen LogP) is 4.55. The second-order valence-electron chi connectivity index (χ2n) is 5.64. The van der Waals surface area contributed by atoms with E-state index in [2.05, 4.69) is 59.7 Å². The average Bonchev–Trinajstić information content (AvgIpc) is 3.11. The molecule has 1 aliphatic heterocycles. The van der Waals surface area contributed by atoms with Crippen LogP contribution in [0, 0.1) is 0 Å². The molecule has 1 saturated heterocycles. The lowest BCUT2D eigenvalue weighted by atomic mass is 10.1.